The zero-order chi connectivity index (χ0) is 72.3. The van der Waals surface area contributed by atoms with E-state index in [-0.39, 0.29) is 80.7 Å². The molecule has 550 valence electrons. The standard InChI is InChI=1S/C32H44N5O13PS.C16H24N3O5P.C15H20N2O6/c1-6-11-44-32(43)49-23-12-26(36-14-18(3)28(39)33-30(36)41)48-25(23)17-46-51(52,45-16-21-9-8-10-35(21)20(5)38)50-24-13-27(47-22(24)7-2)37-15-19(4)29(40)34-31(37)42;1-3-12-13(24-25-19-6-4-5-11(19)9-22-25)7-14(23-12)18-8-10(2)15(20)17-16(18)21;1-4-6-21-15(20)23-11-7-12(22-10(11)5-2)17-8-9(3)13(18)16-14(17)19/h6,14-15,21-27H,1,7-13,16-17H2,2-5H3,(H,33,39,41)(H,34,40,42);8,11-14H,3-7,9H2,1-2H3,(H,17,20,21);4,8,10-12H,1,5-7H2,2-3H3,(H,16,18,19)/t;11-,12?,13?,14?,25?;/m.0./s1. The van der Waals surface area contributed by atoms with Crippen LogP contribution in [0.5, 0.6) is 0 Å². The fourth-order valence-electron chi connectivity index (χ4n) is 12.6. The SMILES string of the molecule is C=CCOC(=O)OC1CC(n2cc(C)c(=O)[nH]c2=O)OC1CC.C=CCOC(=O)OC1CC(n2cc(C)c(=O)[nH]c2=O)OC1COP(=S)(OCC1CCCN1C(C)=O)OC1CC(n2cc(C)c(=O)[nH]c2=O)OC1CC.CCC1OC(n2cc(C)c(=O)[nH]c2=O)CC1OP1OC[C@@H]2CCCN21. The third-order valence-corrected chi connectivity index (χ3v) is 22.0. The van der Waals surface area contributed by atoms with Crippen LogP contribution in [-0.4, -0.2) is 173 Å². The van der Waals surface area contributed by atoms with Gasteiger partial charge in [-0.3, -0.25) is 62.2 Å². The summed E-state index contributed by atoms with van der Waals surface area (Å²) in [4.78, 5) is 144. The molecule has 0 spiro atoms. The summed E-state index contributed by atoms with van der Waals surface area (Å²) in [6.45, 7) is 18.9. The maximum atomic E-state index is 12.7. The molecule has 7 aliphatic heterocycles. The molecular formula is C63H88N10O24P2S. The van der Waals surface area contributed by atoms with Gasteiger partial charge in [0.25, 0.3) is 30.8 Å². The number of carbonyl (C=O) groups excluding carboxylic acids is 3. The molecule has 7 fully saturated rings. The van der Waals surface area contributed by atoms with Crippen molar-refractivity contribution in [3.8, 4) is 0 Å². The van der Waals surface area contributed by atoms with Gasteiger partial charge in [0.2, 0.25) is 5.91 Å². The van der Waals surface area contributed by atoms with Crippen molar-refractivity contribution in [1.82, 2.24) is 47.8 Å². The number of aromatic nitrogens is 8. The fraction of sp³-hybridized carbons (Fsp3) is 0.635. The number of hydrogen-bond acceptors (Lipinski definition) is 26. The summed E-state index contributed by atoms with van der Waals surface area (Å²) in [5.74, 6) is -0.109. The summed E-state index contributed by atoms with van der Waals surface area (Å²) >= 11 is 5.97. The lowest BCUT2D eigenvalue weighted by atomic mass is 10.1. The van der Waals surface area contributed by atoms with Gasteiger partial charge in [0.15, 0.2) is 0 Å². The van der Waals surface area contributed by atoms with Crippen LogP contribution >= 0.6 is 15.2 Å². The molecule has 100 heavy (non-hydrogen) atoms. The van der Waals surface area contributed by atoms with Gasteiger partial charge >= 0.3 is 41.8 Å². The minimum absolute atomic E-state index is 0.00771. The van der Waals surface area contributed by atoms with E-state index in [2.05, 4.69) is 37.8 Å². The summed E-state index contributed by atoms with van der Waals surface area (Å²) in [5.41, 5.74) is -2.75. The molecular weight excluding hydrogens is 1370 g/mol. The van der Waals surface area contributed by atoms with Crippen molar-refractivity contribution in [3.05, 3.63) is 156 Å². The lowest BCUT2D eigenvalue weighted by Gasteiger charge is -2.30. The van der Waals surface area contributed by atoms with Crippen molar-refractivity contribution in [2.24, 2.45) is 0 Å². The number of amides is 1. The van der Waals surface area contributed by atoms with Crippen LogP contribution in [0.25, 0.3) is 0 Å². The van der Waals surface area contributed by atoms with Crippen LogP contribution in [0.15, 0.2) is 88.5 Å². The number of nitrogens with one attached hydrogen (secondary N) is 4. The molecule has 4 N–H and O–H groups in total. The highest BCUT2D eigenvalue weighted by molar-refractivity contribution is 8.07. The molecule has 0 bridgehead atoms. The quantitative estimate of drug-likeness (QED) is 0.0433. The molecule has 0 aliphatic carbocycles. The molecule has 0 radical (unpaired) electrons. The van der Waals surface area contributed by atoms with Crippen molar-refractivity contribution in [2.45, 2.75) is 212 Å². The second kappa shape index (κ2) is 34.7. The molecule has 0 aromatic carbocycles. The van der Waals surface area contributed by atoms with Gasteiger partial charge in [-0.25, -0.2) is 33.4 Å². The third kappa shape index (κ3) is 18.9. The zero-order valence-electron chi connectivity index (χ0n) is 57.0. The molecule has 0 saturated carbocycles. The number of rotatable bonds is 23. The first-order valence-corrected chi connectivity index (χ1v) is 36.9. The Hall–Kier alpha value is -7.11. The summed E-state index contributed by atoms with van der Waals surface area (Å²) in [6.07, 6.45) is 6.37. The number of aryl methyl sites for hydroxylation is 4. The van der Waals surface area contributed by atoms with Crippen molar-refractivity contribution < 1.29 is 74.9 Å². The van der Waals surface area contributed by atoms with Crippen LogP contribution in [0, 0.1) is 27.7 Å². The highest BCUT2D eigenvalue weighted by Gasteiger charge is 2.47. The first-order valence-electron chi connectivity index (χ1n) is 33.2. The molecule has 16 atom stereocenters. The molecule has 7 saturated heterocycles. The Morgan fingerprint density at radius 3 is 1.40 bits per heavy atom. The molecule has 7 aliphatic rings. The van der Waals surface area contributed by atoms with Gasteiger partial charge < -0.3 is 65.4 Å². The van der Waals surface area contributed by atoms with Crippen molar-refractivity contribution >= 4 is 45.3 Å². The summed E-state index contributed by atoms with van der Waals surface area (Å²) in [6, 6.07) is 0.219. The van der Waals surface area contributed by atoms with Crippen LogP contribution < -0.4 is 45.0 Å². The Labute approximate surface area is 579 Å². The minimum atomic E-state index is -3.73. The molecule has 11 heterocycles. The van der Waals surface area contributed by atoms with Crippen LogP contribution in [0.4, 0.5) is 9.59 Å². The van der Waals surface area contributed by atoms with Gasteiger partial charge in [-0.2, -0.15) is 0 Å². The molecule has 4 aromatic heterocycles. The van der Waals surface area contributed by atoms with Crippen LogP contribution in [-0.2, 0) is 77.1 Å². The maximum Gasteiger partial charge on any atom is 0.508 e. The topological polar surface area (TPSA) is 397 Å². The number of ether oxygens (including phenoxy) is 8. The minimum Gasteiger partial charge on any atom is -0.430 e. The number of nitrogens with zero attached hydrogens (tertiary/aromatic N) is 6. The van der Waals surface area contributed by atoms with Gasteiger partial charge in [-0.1, -0.05) is 46.1 Å². The highest BCUT2D eigenvalue weighted by Crippen LogP contribution is 2.56. The van der Waals surface area contributed by atoms with E-state index in [1.807, 2.05) is 20.8 Å². The monoisotopic (exact) mass is 1460 g/mol. The molecule has 34 nitrogen and oxygen atoms in total. The predicted molar refractivity (Wildman–Crippen MR) is 361 cm³/mol. The number of fused-ring (bicyclic) bond motifs is 1. The summed E-state index contributed by atoms with van der Waals surface area (Å²) in [5, 5.41) is 0. The molecule has 1 amide bonds. The average molecular weight is 1460 g/mol. The molecule has 15 unspecified atom stereocenters. The Morgan fingerprint density at radius 1 is 0.570 bits per heavy atom. The second-order valence-corrected chi connectivity index (χ2v) is 29.4. The van der Waals surface area contributed by atoms with E-state index in [0.29, 0.717) is 61.4 Å². The van der Waals surface area contributed by atoms with E-state index >= 15 is 0 Å². The number of carbonyl (C=O) groups is 3. The maximum absolute atomic E-state index is 12.7. The van der Waals surface area contributed by atoms with E-state index < -0.39 is 122 Å². The zero-order valence-corrected chi connectivity index (χ0v) is 59.6. The first-order chi connectivity index (χ1) is 47.7. The molecule has 11 rings (SSSR count). The predicted octanol–water partition coefficient (Wildman–Crippen LogP) is 4.95. The van der Waals surface area contributed by atoms with Gasteiger partial charge in [-0.15, -0.1) is 0 Å². The number of hydrogen-bond donors (Lipinski definition) is 4. The van der Waals surface area contributed by atoms with Crippen LogP contribution in [0.2, 0.25) is 0 Å². The number of aromatic amines is 4. The van der Waals surface area contributed by atoms with Gasteiger partial charge in [0, 0.05) is 98.8 Å². The van der Waals surface area contributed by atoms with Crippen molar-refractivity contribution in [3.63, 3.8) is 0 Å². The first kappa shape index (κ1) is 77.1. The smallest absolute Gasteiger partial charge is 0.430 e. The average Bonchev–Trinajstić information content (AvgIpc) is 1.65. The summed E-state index contributed by atoms with van der Waals surface area (Å²) in [7, 11) is -1.03. The number of H-pyrrole nitrogens is 4. The Kier molecular flexibility index (Phi) is 26.7. The lowest BCUT2D eigenvalue weighted by molar-refractivity contribution is -0.130. The third-order valence-electron chi connectivity index (χ3n) is 17.9. The van der Waals surface area contributed by atoms with Crippen molar-refractivity contribution in [2.75, 3.05) is 46.1 Å². The van der Waals surface area contributed by atoms with E-state index in [1.165, 1.54) is 75.7 Å². The van der Waals surface area contributed by atoms with Gasteiger partial charge in [-0.05, 0) is 84.4 Å². The summed E-state index contributed by atoms with van der Waals surface area (Å²) < 4.78 is 83.5. The van der Waals surface area contributed by atoms with Gasteiger partial charge in [0.05, 0.1) is 56.4 Å². The van der Waals surface area contributed by atoms with Crippen LogP contribution in [0.1, 0.15) is 145 Å². The normalized spacial score (nSPS) is 28.3. The van der Waals surface area contributed by atoms with E-state index in [9.17, 15) is 52.7 Å². The van der Waals surface area contributed by atoms with E-state index in [1.54, 1.807) is 31.9 Å². The van der Waals surface area contributed by atoms with E-state index in [0.717, 1.165) is 26.0 Å². The Morgan fingerprint density at radius 2 is 0.960 bits per heavy atom. The second-order valence-electron chi connectivity index (χ2n) is 24.9. The molecule has 4 aromatic rings. The largest absolute Gasteiger partial charge is 0.508 e. The van der Waals surface area contributed by atoms with Crippen molar-refractivity contribution in [1.29, 1.82) is 0 Å². The highest BCUT2D eigenvalue weighted by atomic mass is 32.5. The number of likely N-dealkylation sites (tertiary alicyclic amines) is 1. The Balaban J connectivity index is 0.000000200. The van der Waals surface area contributed by atoms with E-state index in [4.69, 9.17) is 72.3 Å². The lowest BCUT2D eigenvalue weighted by Crippen LogP contribution is -2.37. The molecule has 37 heteroatoms. The Bertz CT molecular complexity index is 4130. The van der Waals surface area contributed by atoms with Gasteiger partial charge in [0.1, 0.15) is 56.4 Å². The fourth-order valence-corrected chi connectivity index (χ4v) is 16.6. The van der Waals surface area contributed by atoms with Crippen LogP contribution in [0.3, 0.4) is 0 Å².